The topological polar surface area (TPSA) is 96.1 Å². The van der Waals surface area contributed by atoms with Gasteiger partial charge in [-0.1, -0.05) is 11.8 Å². The summed E-state index contributed by atoms with van der Waals surface area (Å²) in [6.45, 7) is 0. The van der Waals surface area contributed by atoms with Gasteiger partial charge in [0.25, 0.3) is 0 Å². The number of hydrogen-bond acceptors (Lipinski definition) is 7. The Morgan fingerprint density at radius 2 is 2.00 bits per heavy atom. The highest BCUT2D eigenvalue weighted by Gasteiger charge is 2.09. The number of rotatable bonds is 4. The maximum absolute atomic E-state index is 10.5. The van der Waals surface area contributed by atoms with Crippen LogP contribution in [0.3, 0.4) is 0 Å². The molecule has 0 saturated carbocycles. The molecule has 0 aliphatic heterocycles. The van der Waals surface area contributed by atoms with Crippen molar-refractivity contribution in [1.29, 1.82) is 0 Å². The number of hydrogen-bond donors (Lipinski definition) is 0. The molecule has 3 heterocycles. The molecule has 3 rings (SSSR count). The fraction of sp³-hybridized carbons (Fsp3) is 0.0833. The molecule has 0 atom stereocenters. The minimum absolute atomic E-state index is 0.148. The molecule has 0 aromatic carbocycles. The molecule has 0 N–H and O–H groups in total. The molecule has 20 heavy (non-hydrogen) atoms. The summed E-state index contributed by atoms with van der Waals surface area (Å²) in [5.41, 5.74) is 1.43. The van der Waals surface area contributed by atoms with E-state index in [4.69, 9.17) is 0 Å². The molecule has 100 valence electrons. The van der Waals surface area contributed by atoms with E-state index in [2.05, 4.69) is 20.3 Å². The molecule has 0 aliphatic rings. The van der Waals surface area contributed by atoms with Gasteiger partial charge >= 0.3 is 0 Å². The van der Waals surface area contributed by atoms with E-state index in [9.17, 15) is 9.90 Å². The van der Waals surface area contributed by atoms with Crippen LogP contribution in [-0.2, 0) is 4.79 Å². The standard InChI is InChI=1S/C12H9N5O2S/c18-11(19)7-20-10-2-1-9-14-15-12(17(9)16-10)8-3-5-13-6-4-8/h1-6H,7H2,(H,18,19)/p-1. The van der Waals surface area contributed by atoms with Gasteiger partial charge in [0.1, 0.15) is 5.03 Å². The van der Waals surface area contributed by atoms with Crippen LogP contribution in [0.5, 0.6) is 0 Å². The van der Waals surface area contributed by atoms with E-state index in [1.807, 2.05) is 0 Å². The Balaban J connectivity index is 2.02. The van der Waals surface area contributed by atoms with Crippen LogP contribution in [0.1, 0.15) is 0 Å². The predicted molar refractivity (Wildman–Crippen MR) is 69.7 cm³/mol. The molecule has 0 unspecified atom stereocenters. The first-order valence-corrected chi connectivity index (χ1v) is 6.68. The van der Waals surface area contributed by atoms with E-state index in [-0.39, 0.29) is 5.75 Å². The average molecular weight is 286 g/mol. The molecule has 0 radical (unpaired) electrons. The van der Waals surface area contributed by atoms with Crippen LogP contribution < -0.4 is 5.11 Å². The zero-order valence-electron chi connectivity index (χ0n) is 10.1. The number of carbonyl (C=O) groups is 1. The number of aliphatic carboxylic acids is 1. The van der Waals surface area contributed by atoms with Crippen LogP contribution in [0.15, 0.2) is 41.7 Å². The second-order valence-corrected chi connectivity index (χ2v) is 4.86. The molecule has 0 bridgehead atoms. The van der Waals surface area contributed by atoms with E-state index in [1.165, 1.54) is 0 Å². The highest BCUT2D eigenvalue weighted by molar-refractivity contribution is 7.99. The van der Waals surface area contributed by atoms with Crippen molar-refractivity contribution >= 4 is 23.4 Å². The van der Waals surface area contributed by atoms with Gasteiger partial charge in [0, 0.05) is 23.7 Å². The first-order chi connectivity index (χ1) is 9.74. The maximum atomic E-state index is 10.5. The van der Waals surface area contributed by atoms with Gasteiger partial charge in [-0.2, -0.15) is 9.61 Å². The van der Waals surface area contributed by atoms with Crippen LogP contribution in [0.4, 0.5) is 0 Å². The average Bonchev–Trinajstić information content (AvgIpc) is 2.89. The van der Waals surface area contributed by atoms with Gasteiger partial charge in [0.05, 0.1) is 5.97 Å². The second kappa shape index (κ2) is 5.25. The van der Waals surface area contributed by atoms with Crippen LogP contribution in [-0.4, -0.2) is 36.5 Å². The molecule has 0 saturated heterocycles. The lowest BCUT2D eigenvalue weighted by Gasteiger charge is -2.03. The Morgan fingerprint density at radius 3 is 2.75 bits per heavy atom. The Kier molecular flexibility index (Phi) is 3.30. The van der Waals surface area contributed by atoms with Crippen LogP contribution in [0, 0.1) is 0 Å². The van der Waals surface area contributed by atoms with Crippen LogP contribution >= 0.6 is 11.8 Å². The van der Waals surface area contributed by atoms with Crippen molar-refractivity contribution in [1.82, 2.24) is 24.8 Å². The molecule has 8 heteroatoms. The van der Waals surface area contributed by atoms with Crippen molar-refractivity contribution in [3.05, 3.63) is 36.7 Å². The molecule has 0 amide bonds. The quantitative estimate of drug-likeness (QED) is 0.624. The fourth-order valence-corrected chi connectivity index (χ4v) is 2.23. The van der Waals surface area contributed by atoms with Crippen molar-refractivity contribution in [2.45, 2.75) is 5.03 Å². The van der Waals surface area contributed by atoms with Gasteiger partial charge in [-0.15, -0.1) is 10.2 Å². The lowest BCUT2D eigenvalue weighted by molar-refractivity contribution is -0.301. The normalized spacial score (nSPS) is 10.8. The zero-order chi connectivity index (χ0) is 13.9. The second-order valence-electron chi connectivity index (χ2n) is 3.86. The number of pyridine rings is 1. The SMILES string of the molecule is O=C([O-])CSc1ccc2nnc(-c3ccncc3)n2n1. The Labute approximate surface area is 117 Å². The van der Waals surface area contributed by atoms with Gasteiger partial charge in [-0.05, 0) is 24.3 Å². The summed E-state index contributed by atoms with van der Waals surface area (Å²) in [6.07, 6.45) is 3.32. The number of fused-ring (bicyclic) bond motifs is 1. The molecular formula is C12H8N5O2S-. The van der Waals surface area contributed by atoms with E-state index in [0.29, 0.717) is 16.5 Å². The lowest BCUT2D eigenvalue weighted by atomic mass is 10.2. The van der Waals surface area contributed by atoms with Crippen LogP contribution in [0.25, 0.3) is 17.0 Å². The monoisotopic (exact) mass is 286 g/mol. The van der Waals surface area contributed by atoms with Crippen molar-refractivity contribution in [2.24, 2.45) is 0 Å². The molecule has 0 aliphatic carbocycles. The molecule has 0 fully saturated rings. The van der Waals surface area contributed by atoms with Crippen molar-refractivity contribution in [2.75, 3.05) is 5.75 Å². The summed E-state index contributed by atoms with van der Waals surface area (Å²) < 4.78 is 1.58. The molecule has 3 aromatic heterocycles. The van der Waals surface area contributed by atoms with Gasteiger partial charge in [-0.3, -0.25) is 4.98 Å². The summed E-state index contributed by atoms with van der Waals surface area (Å²) in [4.78, 5) is 14.4. The largest absolute Gasteiger partial charge is 0.549 e. The predicted octanol–water partition coefficient (Wildman–Crippen LogP) is 0.0283. The van der Waals surface area contributed by atoms with E-state index < -0.39 is 5.97 Å². The molecule has 0 spiro atoms. The Morgan fingerprint density at radius 1 is 1.20 bits per heavy atom. The highest BCUT2D eigenvalue weighted by atomic mass is 32.2. The van der Waals surface area contributed by atoms with E-state index in [1.54, 1.807) is 41.2 Å². The molecule has 3 aromatic rings. The summed E-state index contributed by atoms with van der Waals surface area (Å²) >= 11 is 1.09. The third-order valence-electron chi connectivity index (χ3n) is 2.51. The smallest absolute Gasteiger partial charge is 0.185 e. The van der Waals surface area contributed by atoms with Crippen molar-refractivity contribution in [3.63, 3.8) is 0 Å². The summed E-state index contributed by atoms with van der Waals surface area (Å²) in [5, 5.41) is 23.5. The Hall–Kier alpha value is -2.48. The number of carboxylic acids is 1. The van der Waals surface area contributed by atoms with E-state index >= 15 is 0 Å². The van der Waals surface area contributed by atoms with Gasteiger partial charge in [-0.25, -0.2) is 0 Å². The fourth-order valence-electron chi connectivity index (χ4n) is 1.66. The zero-order valence-corrected chi connectivity index (χ0v) is 10.9. The number of carbonyl (C=O) groups excluding carboxylic acids is 1. The Bertz CT molecular complexity index is 759. The number of thioether (sulfide) groups is 1. The minimum atomic E-state index is -1.13. The first kappa shape index (κ1) is 12.5. The first-order valence-electron chi connectivity index (χ1n) is 5.69. The third-order valence-corrected chi connectivity index (χ3v) is 3.41. The lowest BCUT2D eigenvalue weighted by Crippen LogP contribution is -2.24. The molecule has 7 nitrogen and oxygen atoms in total. The minimum Gasteiger partial charge on any atom is -0.549 e. The summed E-state index contributed by atoms with van der Waals surface area (Å²) in [7, 11) is 0. The summed E-state index contributed by atoms with van der Waals surface area (Å²) in [6, 6.07) is 7.05. The van der Waals surface area contributed by atoms with Gasteiger partial charge in [0.15, 0.2) is 11.5 Å². The maximum Gasteiger partial charge on any atom is 0.185 e. The van der Waals surface area contributed by atoms with Crippen molar-refractivity contribution in [3.8, 4) is 11.4 Å². The molecular weight excluding hydrogens is 278 g/mol. The van der Waals surface area contributed by atoms with Gasteiger partial charge in [0.2, 0.25) is 0 Å². The number of carboxylic acid groups (broad SMARTS) is 1. The number of nitrogens with zero attached hydrogens (tertiary/aromatic N) is 5. The highest BCUT2D eigenvalue weighted by Crippen LogP contribution is 2.19. The van der Waals surface area contributed by atoms with E-state index in [0.717, 1.165) is 17.3 Å². The van der Waals surface area contributed by atoms with Crippen molar-refractivity contribution < 1.29 is 9.90 Å². The van der Waals surface area contributed by atoms with Crippen LogP contribution in [0.2, 0.25) is 0 Å². The third kappa shape index (κ3) is 2.45. The van der Waals surface area contributed by atoms with Gasteiger partial charge < -0.3 is 9.90 Å². The number of aromatic nitrogens is 5. The summed E-state index contributed by atoms with van der Waals surface area (Å²) in [5.74, 6) is -0.695.